The fourth-order valence-corrected chi connectivity index (χ4v) is 2.77. The van der Waals surface area contributed by atoms with Crippen LogP contribution in [-0.2, 0) is 4.79 Å². The lowest BCUT2D eigenvalue weighted by Gasteiger charge is -2.28. The maximum atomic E-state index is 13.0. The van der Waals surface area contributed by atoms with Crippen molar-refractivity contribution < 1.29 is 9.18 Å². The van der Waals surface area contributed by atoms with E-state index in [0.717, 1.165) is 31.4 Å². The van der Waals surface area contributed by atoms with Crippen molar-refractivity contribution in [3.05, 3.63) is 35.6 Å². The summed E-state index contributed by atoms with van der Waals surface area (Å²) in [5.41, 5.74) is 0.929. The van der Waals surface area contributed by atoms with Gasteiger partial charge in [-0.2, -0.15) is 0 Å². The van der Waals surface area contributed by atoms with Crippen LogP contribution in [0.4, 0.5) is 4.39 Å². The molecule has 1 amide bonds. The van der Waals surface area contributed by atoms with E-state index in [2.05, 4.69) is 17.1 Å². The Hall–Kier alpha value is -1.42. The molecule has 0 aliphatic carbocycles. The lowest BCUT2D eigenvalue weighted by Crippen LogP contribution is -2.47. The highest BCUT2D eigenvalue weighted by Gasteiger charge is 2.28. The fourth-order valence-electron chi connectivity index (χ4n) is 2.77. The molecule has 1 aromatic carbocycles. The van der Waals surface area contributed by atoms with E-state index >= 15 is 0 Å². The molecule has 116 valence electrons. The van der Waals surface area contributed by atoms with E-state index in [9.17, 15) is 9.18 Å². The van der Waals surface area contributed by atoms with Gasteiger partial charge in [0.05, 0.1) is 6.54 Å². The highest BCUT2D eigenvalue weighted by atomic mass is 19.1. The predicted octanol–water partition coefficient (Wildman–Crippen LogP) is 3.27. The van der Waals surface area contributed by atoms with Crippen LogP contribution in [0.3, 0.4) is 0 Å². The molecular formula is C17H25FN2O. The van der Waals surface area contributed by atoms with Crippen LogP contribution < -0.4 is 5.32 Å². The summed E-state index contributed by atoms with van der Waals surface area (Å²) in [6, 6.07) is 6.86. The molecule has 21 heavy (non-hydrogen) atoms. The number of rotatable bonds is 5. The summed E-state index contributed by atoms with van der Waals surface area (Å²) in [4.78, 5) is 14.4. The maximum Gasteiger partial charge on any atom is 0.234 e. The zero-order chi connectivity index (χ0) is 15.5. The lowest BCUT2D eigenvalue weighted by molar-refractivity contribution is -0.124. The van der Waals surface area contributed by atoms with Crippen molar-refractivity contribution in [2.45, 2.75) is 51.6 Å². The Balaban J connectivity index is 1.99. The predicted molar refractivity (Wildman–Crippen MR) is 82.5 cm³/mol. The minimum atomic E-state index is -0.217. The SMILES string of the molecule is CCC(C)(C)NC(=O)CN1CCCC1c1ccc(F)cc1. The maximum absolute atomic E-state index is 13.0. The van der Waals surface area contributed by atoms with Crippen molar-refractivity contribution in [2.24, 2.45) is 0 Å². The zero-order valence-electron chi connectivity index (χ0n) is 13.2. The monoisotopic (exact) mass is 292 g/mol. The normalized spacial score (nSPS) is 19.7. The number of hydrogen-bond acceptors (Lipinski definition) is 2. The fraction of sp³-hybridized carbons (Fsp3) is 0.588. The van der Waals surface area contributed by atoms with Gasteiger partial charge in [0.1, 0.15) is 5.82 Å². The standard InChI is InChI=1S/C17H25FN2O/c1-4-17(2,3)19-16(21)12-20-11-5-6-15(20)13-7-9-14(18)10-8-13/h7-10,15H,4-6,11-12H2,1-3H3,(H,19,21). The number of benzene rings is 1. The van der Waals surface area contributed by atoms with Gasteiger partial charge < -0.3 is 5.32 Å². The van der Waals surface area contributed by atoms with Crippen LogP contribution in [0.1, 0.15) is 51.6 Å². The molecule has 0 saturated carbocycles. The Morgan fingerprint density at radius 1 is 1.38 bits per heavy atom. The molecule has 1 aliphatic rings. The van der Waals surface area contributed by atoms with Crippen LogP contribution in [0.15, 0.2) is 24.3 Å². The molecule has 1 heterocycles. The summed E-state index contributed by atoms with van der Waals surface area (Å²) in [5.74, 6) is -0.151. The number of nitrogens with one attached hydrogen (secondary N) is 1. The molecule has 1 aromatic rings. The molecule has 0 spiro atoms. The largest absolute Gasteiger partial charge is 0.350 e. The molecule has 3 nitrogen and oxygen atoms in total. The van der Waals surface area contributed by atoms with E-state index < -0.39 is 0 Å². The number of hydrogen-bond donors (Lipinski definition) is 1. The number of halogens is 1. The Bertz CT molecular complexity index is 484. The lowest BCUT2D eigenvalue weighted by atomic mass is 10.0. The summed E-state index contributed by atoms with van der Waals surface area (Å²) in [6.45, 7) is 7.46. The second kappa shape index (κ2) is 6.56. The minimum Gasteiger partial charge on any atom is -0.350 e. The topological polar surface area (TPSA) is 32.3 Å². The first kappa shape index (κ1) is 16.0. The smallest absolute Gasteiger partial charge is 0.234 e. The van der Waals surface area contributed by atoms with Crippen molar-refractivity contribution in [3.63, 3.8) is 0 Å². The van der Waals surface area contributed by atoms with Gasteiger partial charge in [-0.1, -0.05) is 19.1 Å². The number of likely N-dealkylation sites (tertiary alicyclic amines) is 1. The molecule has 1 atom stereocenters. The molecule has 1 unspecified atom stereocenters. The second-order valence-electron chi connectivity index (χ2n) is 6.47. The second-order valence-corrected chi connectivity index (χ2v) is 6.47. The Morgan fingerprint density at radius 2 is 2.05 bits per heavy atom. The molecular weight excluding hydrogens is 267 g/mol. The Labute approximate surface area is 126 Å². The van der Waals surface area contributed by atoms with E-state index in [1.807, 2.05) is 26.0 Å². The quantitative estimate of drug-likeness (QED) is 0.903. The molecule has 1 N–H and O–H groups in total. The first-order valence-electron chi connectivity index (χ1n) is 7.72. The molecule has 1 aliphatic heterocycles. The van der Waals surface area contributed by atoms with E-state index in [-0.39, 0.29) is 23.3 Å². The average molecular weight is 292 g/mol. The van der Waals surface area contributed by atoms with Gasteiger partial charge in [0.25, 0.3) is 0 Å². The minimum absolute atomic E-state index is 0.0656. The molecule has 4 heteroatoms. The number of nitrogens with zero attached hydrogens (tertiary/aromatic N) is 1. The van der Waals surface area contributed by atoms with E-state index in [1.165, 1.54) is 12.1 Å². The van der Waals surface area contributed by atoms with Crippen LogP contribution >= 0.6 is 0 Å². The third-order valence-corrected chi connectivity index (χ3v) is 4.33. The van der Waals surface area contributed by atoms with Crippen molar-refractivity contribution >= 4 is 5.91 Å². The highest BCUT2D eigenvalue weighted by Crippen LogP contribution is 2.31. The van der Waals surface area contributed by atoms with Crippen molar-refractivity contribution in [1.29, 1.82) is 0 Å². The van der Waals surface area contributed by atoms with Gasteiger partial charge in [-0.15, -0.1) is 0 Å². The molecule has 0 bridgehead atoms. The zero-order valence-corrected chi connectivity index (χ0v) is 13.2. The van der Waals surface area contributed by atoms with Gasteiger partial charge in [0.15, 0.2) is 0 Å². The van der Waals surface area contributed by atoms with Gasteiger partial charge in [-0.05, 0) is 57.4 Å². The van der Waals surface area contributed by atoms with Gasteiger partial charge in [0, 0.05) is 11.6 Å². The molecule has 1 fully saturated rings. The molecule has 0 aromatic heterocycles. The van der Waals surface area contributed by atoms with E-state index in [0.29, 0.717) is 6.54 Å². The number of amides is 1. The van der Waals surface area contributed by atoms with Gasteiger partial charge in [-0.3, -0.25) is 9.69 Å². The summed E-state index contributed by atoms with van der Waals surface area (Å²) in [7, 11) is 0. The van der Waals surface area contributed by atoms with Gasteiger partial charge >= 0.3 is 0 Å². The van der Waals surface area contributed by atoms with E-state index in [4.69, 9.17) is 0 Å². The van der Waals surface area contributed by atoms with Crippen LogP contribution in [0.25, 0.3) is 0 Å². The Kier molecular flexibility index (Phi) is 4.99. The first-order valence-corrected chi connectivity index (χ1v) is 7.72. The van der Waals surface area contributed by atoms with Crippen LogP contribution in [0.5, 0.6) is 0 Å². The molecule has 2 rings (SSSR count). The third-order valence-electron chi connectivity index (χ3n) is 4.33. The summed E-state index contributed by atoms with van der Waals surface area (Å²) >= 11 is 0. The van der Waals surface area contributed by atoms with Crippen LogP contribution in [-0.4, -0.2) is 29.4 Å². The van der Waals surface area contributed by atoms with Crippen LogP contribution in [0.2, 0.25) is 0 Å². The summed E-state index contributed by atoms with van der Waals surface area (Å²) in [6.07, 6.45) is 3.00. The van der Waals surface area contributed by atoms with Crippen molar-refractivity contribution in [3.8, 4) is 0 Å². The van der Waals surface area contributed by atoms with Crippen molar-refractivity contribution in [2.75, 3.05) is 13.1 Å². The van der Waals surface area contributed by atoms with Gasteiger partial charge in [0.2, 0.25) is 5.91 Å². The Morgan fingerprint density at radius 3 is 2.67 bits per heavy atom. The van der Waals surface area contributed by atoms with Crippen molar-refractivity contribution in [1.82, 2.24) is 10.2 Å². The average Bonchev–Trinajstić information content (AvgIpc) is 2.87. The summed E-state index contributed by atoms with van der Waals surface area (Å²) in [5, 5.41) is 3.07. The third kappa shape index (κ3) is 4.27. The highest BCUT2D eigenvalue weighted by molar-refractivity contribution is 5.78. The molecule has 1 saturated heterocycles. The van der Waals surface area contributed by atoms with E-state index in [1.54, 1.807) is 0 Å². The van der Waals surface area contributed by atoms with Crippen LogP contribution in [0, 0.1) is 5.82 Å². The number of carbonyl (C=O) groups excluding carboxylic acids is 1. The van der Waals surface area contributed by atoms with Gasteiger partial charge in [-0.25, -0.2) is 4.39 Å². The summed E-state index contributed by atoms with van der Waals surface area (Å²) < 4.78 is 13.0. The molecule has 0 radical (unpaired) electrons. The first-order chi connectivity index (χ1) is 9.91. The number of carbonyl (C=O) groups is 1.